The molecular formula is C20H26N3O4+. The first-order chi connectivity index (χ1) is 13.0. The van der Waals surface area contributed by atoms with Crippen LogP contribution in [0, 0.1) is 0 Å². The van der Waals surface area contributed by atoms with E-state index < -0.39 is 12.1 Å². The van der Waals surface area contributed by atoms with Crippen LogP contribution >= 0.6 is 0 Å². The normalized spacial score (nSPS) is 12.6. The van der Waals surface area contributed by atoms with Crippen molar-refractivity contribution in [1.29, 1.82) is 0 Å². The van der Waals surface area contributed by atoms with E-state index >= 15 is 0 Å². The number of carbonyl (C=O) groups is 2. The number of hydrogen-bond donors (Lipinski definition) is 3. The summed E-state index contributed by atoms with van der Waals surface area (Å²) in [7, 11) is 6.56. The van der Waals surface area contributed by atoms with Gasteiger partial charge in [0.1, 0.15) is 6.54 Å². The van der Waals surface area contributed by atoms with Crippen molar-refractivity contribution in [3.63, 3.8) is 0 Å². The van der Waals surface area contributed by atoms with E-state index in [2.05, 4.69) is 10.6 Å². The number of urea groups is 1. The molecule has 0 aliphatic rings. The smallest absolute Gasteiger partial charge is 0.321 e. The van der Waals surface area contributed by atoms with Crippen molar-refractivity contribution in [1.82, 2.24) is 10.6 Å². The first kappa shape index (κ1) is 20.3. The number of methoxy groups -OCH3 is 2. The molecule has 144 valence electrons. The van der Waals surface area contributed by atoms with Gasteiger partial charge in [0.2, 0.25) is 0 Å². The summed E-state index contributed by atoms with van der Waals surface area (Å²) in [6.45, 7) is 0.557. The number of imide groups is 1. The maximum Gasteiger partial charge on any atom is 0.321 e. The minimum atomic E-state index is -0.545. The molecule has 0 aromatic heterocycles. The molecule has 0 aliphatic carbocycles. The second-order valence-electron chi connectivity index (χ2n) is 6.12. The van der Waals surface area contributed by atoms with E-state index in [-0.39, 0.29) is 5.91 Å². The zero-order valence-electron chi connectivity index (χ0n) is 16.0. The Labute approximate surface area is 159 Å². The van der Waals surface area contributed by atoms with Gasteiger partial charge < -0.3 is 19.7 Å². The van der Waals surface area contributed by atoms with Crippen LogP contribution in [0.4, 0.5) is 4.79 Å². The van der Waals surface area contributed by atoms with Crippen molar-refractivity contribution in [2.24, 2.45) is 0 Å². The van der Waals surface area contributed by atoms with Crippen LogP contribution in [0.5, 0.6) is 11.5 Å². The van der Waals surface area contributed by atoms with E-state index in [9.17, 15) is 9.59 Å². The fraction of sp³-hybridized carbons (Fsp3) is 0.300. The van der Waals surface area contributed by atoms with Crippen LogP contribution in [0.1, 0.15) is 17.2 Å². The Morgan fingerprint density at radius 1 is 1.04 bits per heavy atom. The fourth-order valence-corrected chi connectivity index (χ4v) is 2.97. The first-order valence-corrected chi connectivity index (χ1v) is 8.60. The molecule has 3 amide bonds. The van der Waals surface area contributed by atoms with Gasteiger partial charge in [-0.2, -0.15) is 0 Å². The fourth-order valence-electron chi connectivity index (χ4n) is 2.97. The molecule has 0 fully saturated rings. The third-order valence-corrected chi connectivity index (χ3v) is 4.28. The second kappa shape index (κ2) is 9.59. The highest BCUT2D eigenvalue weighted by molar-refractivity contribution is 5.96. The minimum Gasteiger partial charge on any atom is -0.493 e. The van der Waals surface area contributed by atoms with E-state index in [0.717, 1.165) is 16.0 Å². The van der Waals surface area contributed by atoms with Crippen LogP contribution in [-0.2, 0) is 11.3 Å². The molecule has 27 heavy (non-hydrogen) atoms. The number of quaternary nitrogens is 1. The third-order valence-electron chi connectivity index (χ3n) is 4.28. The van der Waals surface area contributed by atoms with Crippen molar-refractivity contribution < 1.29 is 24.0 Å². The summed E-state index contributed by atoms with van der Waals surface area (Å²) in [5.74, 6) is 0.920. The number of carbonyl (C=O) groups excluding carboxylic acids is 2. The lowest BCUT2D eigenvalue weighted by molar-refractivity contribution is -0.916. The van der Waals surface area contributed by atoms with Crippen LogP contribution in [-0.4, -0.2) is 40.3 Å². The Hall–Kier alpha value is -3.06. The molecule has 0 aliphatic heterocycles. The highest BCUT2D eigenvalue weighted by atomic mass is 16.5. The molecule has 3 N–H and O–H groups in total. The molecule has 0 saturated carbocycles. The van der Waals surface area contributed by atoms with Crippen molar-refractivity contribution in [3.05, 3.63) is 59.7 Å². The van der Waals surface area contributed by atoms with Gasteiger partial charge in [0, 0.05) is 18.2 Å². The Morgan fingerprint density at radius 2 is 1.70 bits per heavy atom. The maximum atomic E-state index is 12.7. The van der Waals surface area contributed by atoms with Crippen LogP contribution < -0.4 is 25.0 Å². The predicted octanol–water partition coefficient (Wildman–Crippen LogP) is 0.915. The molecule has 0 spiro atoms. The molecule has 2 aromatic rings. The van der Waals surface area contributed by atoms with E-state index in [1.54, 1.807) is 14.2 Å². The second-order valence-corrected chi connectivity index (χ2v) is 6.12. The lowest BCUT2D eigenvalue weighted by Crippen LogP contribution is -3.09. The Kier molecular flexibility index (Phi) is 7.19. The number of likely N-dealkylation sites (N-methyl/N-ethyl adjacent to an activating group) is 1. The summed E-state index contributed by atoms with van der Waals surface area (Å²) in [6.07, 6.45) is 0. The number of nitrogens with one attached hydrogen (secondary N) is 3. The molecule has 0 heterocycles. The molecular weight excluding hydrogens is 346 g/mol. The van der Waals surface area contributed by atoms with E-state index in [1.165, 1.54) is 7.05 Å². The van der Waals surface area contributed by atoms with Crippen molar-refractivity contribution >= 4 is 11.9 Å². The summed E-state index contributed by atoms with van der Waals surface area (Å²) in [6, 6.07) is 14.0. The monoisotopic (exact) mass is 372 g/mol. The summed E-state index contributed by atoms with van der Waals surface area (Å²) in [5, 5.41) is 4.79. The zero-order valence-corrected chi connectivity index (χ0v) is 16.0. The highest BCUT2D eigenvalue weighted by Gasteiger charge is 2.30. The number of rotatable bonds is 7. The molecule has 2 rings (SSSR count). The number of amides is 3. The first-order valence-electron chi connectivity index (χ1n) is 8.60. The average Bonchev–Trinajstić information content (AvgIpc) is 2.68. The van der Waals surface area contributed by atoms with Gasteiger partial charge in [0.25, 0.3) is 5.91 Å². The van der Waals surface area contributed by atoms with Crippen molar-refractivity contribution in [3.8, 4) is 11.5 Å². The van der Waals surface area contributed by atoms with E-state index in [0.29, 0.717) is 18.0 Å². The molecule has 7 nitrogen and oxygen atoms in total. The minimum absolute atomic E-state index is 0.362. The molecule has 2 aromatic carbocycles. The van der Waals surface area contributed by atoms with Crippen LogP contribution in [0.3, 0.4) is 0 Å². The standard InChI is InChI=1S/C20H25N3O4/c1-21-20(25)22-19(24)18(15-8-6-5-7-9-15)23(2)13-14-10-11-16(26-3)17(12-14)27-4/h5-12,18H,13H2,1-4H3,(H2,21,22,24,25)/p+1/t18-/m1/s1. The van der Waals surface area contributed by atoms with Gasteiger partial charge in [-0.3, -0.25) is 10.1 Å². The van der Waals surface area contributed by atoms with Gasteiger partial charge in [-0.15, -0.1) is 0 Å². The molecule has 7 heteroatoms. The van der Waals surface area contributed by atoms with Crippen molar-refractivity contribution in [2.75, 3.05) is 28.3 Å². The Balaban J connectivity index is 2.27. The summed E-state index contributed by atoms with van der Waals surface area (Å²) < 4.78 is 10.6. The highest BCUT2D eigenvalue weighted by Crippen LogP contribution is 2.27. The van der Waals surface area contributed by atoms with Gasteiger partial charge in [-0.1, -0.05) is 30.3 Å². The van der Waals surface area contributed by atoms with Crippen LogP contribution in [0.25, 0.3) is 0 Å². The number of hydrogen-bond acceptors (Lipinski definition) is 4. The molecule has 0 saturated heterocycles. The summed E-state index contributed by atoms with van der Waals surface area (Å²) >= 11 is 0. The van der Waals surface area contributed by atoms with E-state index in [4.69, 9.17) is 9.47 Å². The van der Waals surface area contributed by atoms with Gasteiger partial charge in [0.15, 0.2) is 17.5 Å². The summed E-state index contributed by atoms with van der Waals surface area (Å²) in [4.78, 5) is 25.3. The summed E-state index contributed by atoms with van der Waals surface area (Å²) in [5.41, 5.74) is 1.82. The largest absolute Gasteiger partial charge is 0.493 e. The van der Waals surface area contributed by atoms with Gasteiger partial charge in [0.05, 0.1) is 21.3 Å². The van der Waals surface area contributed by atoms with Crippen molar-refractivity contribution in [2.45, 2.75) is 12.6 Å². The zero-order chi connectivity index (χ0) is 19.8. The van der Waals surface area contributed by atoms with Crippen LogP contribution in [0.15, 0.2) is 48.5 Å². The van der Waals surface area contributed by atoms with Gasteiger partial charge in [-0.25, -0.2) is 4.79 Å². The molecule has 0 radical (unpaired) electrons. The quantitative estimate of drug-likeness (QED) is 0.675. The predicted molar refractivity (Wildman–Crippen MR) is 102 cm³/mol. The van der Waals surface area contributed by atoms with Gasteiger partial charge in [-0.05, 0) is 18.2 Å². The molecule has 0 bridgehead atoms. The third kappa shape index (κ3) is 5.21. The maximum absolute atomic E-state index is 12.7. The number of ether oxygens (including phenoxy) is 2. The SMILES string of the molecule is CNC(=O)NC(=O)[C@@H](c1ccccc1)[NH+](C)Cc1ccc(OC)c(OC)c1. The van der Waals surface area contributed by atoms with Crippen LogP contribution in [0.2, 0.25) is 0 Å². The lowest BCUT2D eigenvalue weighted by Gasteiger charge is -2.24. The van der Waals surface area contributed by atoms with E-state index in [1.807, 2.05) is 55.6 Å². The Morgan fingerprint density at radius 3 is 2.30 bits per heavy atom. The molecule has 2 atom stereocenters. The topological polar surface area (TPSA) is 81.1 Å². The lowest BCUT2D eigenvalue weighted by atomic mass is 10.0. The average molecular weight is 372 g/mol. The number of benzene rings is 2. The molecule has 1 unspecified atom stereocenters. The van der Waals surface area contributed by atoms with Gasteiger partial charge >= 0.3 is 6.03 Å². The Bertz CT molecular complexity index is 780.